The Balaban J connectivity index is 2.58. The van der Waals surface area contributed by atoms with Crippen LogP contribution in [0.4, 0.5) is 0 Å². The Bertz CT molecular complexity index is 408. The molecular formula is C13H16BrNO3. The van der Waals surface area contributed by atoms with E-state index in [4.69, 9.17) is 5.11 Å². The van der Waals surface area contributed by atoms with Gasteiger partial charge in [0.2, 0.25) is 0 Å². The van der Waals surface area contributed by atoms with E-state index >= 15 is 0 Å². The van der Waals surface area contributed by atoms with E-state index in [0.717, 1.165) is 0 Å². The molecule has 1 rings (SSSR count). The minimum atomic E-state index is -0.914. The van der Waals surface area contributed by atoms with E-state index in [2.05, 4.69) is 21.2 Å². The van der Waals surface area contributed by atoms with Crippen LogP contribution in [0.2, 0.25) is 0 Å². The molecule has 4 nitrogen and oxygen atoms in total. The molecule has 98 valence electrons. The summed E-state index contributed by atoms with van der Waals surface area (Å²) in [7, 11) is 0. The maximum absolute atomic E-state index is 11.9. The number of carboxylic acids is 1. The normalized spacial score (nSPS) is 13.7. The summed E-state index contributed by atoms with van der Waals surface area (Å²) in [5, 5.41) is 11.7. The molecule has 0 bridgehead atoms. The number of carbonyl (C=O) groups is 2. The predicted molar refractivity (Wildman–Crippen MR) is 73.0 cm³/mol. The van der Waals surface area contributed by atoms with E-state index in [-0.39, 0.29) is 11.9 Å². The standard InChI is InChI=1S/C13H16BrNO3/c1-2-10(8-11(14)13(17)18)15-12(16)9-6-4-3-5-7-9/h3-7,10-11H,2,8H2,1H3,(H,15,16)(H,17,18)/t10-,11+/m1/s1. The SMILES string of the molecule is CC[C@H](C[C@H](Br)C(=O)O)NC(=O)c1ccccc1. The molecule has 0 spiro atoms. The summed E-state index contributed by atoms with van der Waals surface area (Å²) in [6.07, 6.45) is 1.05. The van der Waals surface area contributed by atoms with Crippen LogP contribution >= 0.6 is 15.9 Å². The molecule has 0 saturated heterocycles. The second-order valence-electron chi connectivity index (χ2n) is 3.99. The van der Waals surface area contributed by atoms with Gasteiger partial charge >= 0.3 is 5.97 Å². The highest BCUT2D eigenvalue weighted by molar-refractivity contribution is 9.10. The lowest BCUT2D eigenvalue weighted by atomic mass is 10.1. The van der Waals surface area contributed by atoms with Gasteiger partial charge in [-0.05, 0) is 25.0 Å². The van der Waals surface area contributed by atoms with Crippen molar-refractivity contribution in [2.75, 3.05) is 0 Å². The summed E-state index contributed by atoms with van der Waals surface area (Å²) in [4.78, 5) is 22.0. The van der Waals surface area contributed by atoms with Gasteiger partial charge in [-0.15, -0.1) is 0 Å². The van der Waals surface area contributed by atoms with Crippen LogP contribution in [0.1, 0.15) is 30.1 Å². The van der Waals surface area contributed by atoms with Crippen LogP contribution < -0.4 is 5.32 Å². The fourth-order valence-electron chi connectivity index (χ4n) is 1.54. The van der Waals surface area contributed by atoms with E-state index in [1.807, 2.05) is 13.0 Å². The molecule has 0 radical (unpaired) electrons. The number of nitrogens with one attached hydrogen (secondary N) is 1. The van der Waals surface area contributed by atoms with Crippen molar-refractivity contribution < 1.29 is 14.7 Å². The minimum absolute atomic E-state index is 0.154. The summed E-state index contributed by atoms with van der Waals surface area (Å²) in [6, 6.07) is 8.72. The van der Waals surface area contributed by atoms with Crippen LogP contribution in [0.15, 0.2) is 30.3 Å². The zero-order valence-corrected chi connectivity index (χ0v) is 11.7. The molecule has 1 aromatic carbocycles. The highest BCUT2D eigenvalue weighted by Crippen LogP contribution is 2.11. The van der Waals surface area contributed by atoms with Crippen molar-refractivity contribution in [1.82, 2.24) is 5.32 Å². The first-order valence-electron chi connectivity index (χ1n) is 5.77. The summed E-state index contributed by atoms with van der Waals surface area (Å²) in [5.74, 6) is -1.09. The Kier molecular flexibility index (Phi) is 5.85. The monoisotopic (exact) mass is 313 g/mol. The highest BCUT2D eigenvalue weighted by atomic mass is 79.9. The number of amides is 1. The summed E-state index contributed by atoms with van der Waals surface area (Å²) in [6.45, 7) is 1.91. The molecule has 0 aliphatic heterocycles. The number of alkyl halides is 1. The van der Waals surface area contributed by atoms with Crippen LogP contribution in [0.25, 0.3) is 0 Å². The van der Waals surface area contributed by atoms with E-state index in [1.54, 1.807) is 24.3 Å². The van der Waals surface area contributed by atoms with Crippen molar-refractivity contribution in [3.63, 3.8) is 0 Å². The van der Waals surface area contributed by atoms with Crippen LogP contribution in [-0.4, -0.2) is 27.9 Å². The van der Waals surface area contributed by atoms with Crippen molar-refractivity contribution >= 4 is 27.8 Å². The van der Waals surface area contributed by atoms with Crippen molar-refractivity contribution in [2.24, 2.45) is 0 Å². The van der Waals surface area contributed by atoms with Gasteiger partial charge in [-0.25, -0.2) is 0 Å². The molecule has 2 atom stereocenters. The van der Waals surface area contributed by atoms with Crippen molar-refractivity contribution in [1.29, 1.82) is 0 Å². The minimum Gasteiger partial charge on any atom is -0.480 e. The Morgan fingerprint density at radius 2 is 1.94 bits per heavy atom. The summed E-state index contributed by atoms with van der Waals surface area (Å²) < 4.78 is 0. The molecule has 0 aromatic heterocycles. The number of halogens is 1. The third-order valence-corrected chi connectivity index (χ3v) is 3.39. The van der Waals surface area contributed by atoms with E-state index < -0.39 is 10.8 Å². The van der Waals surface area contributed by atoms with Crippen LogP contribution in [-0.2, 0) is 4.79 Å². The fraction of sp³-hybridized carbons (Fsp3) is 0.385. The lowest BCUT2D eigenvalue weighted by molar-refractivity contribution is -0.136. The second-order valence-corrected chi connectivity index (χ2v) is 5.09. The number of carbonyl (C=O) groups excluding carboxylic acids is 1. The van der Waals surface area contributed by atoms with Gasteiger partial charge in [0.15, 0.2) is 0 Å². The zero-order chi connectivity index (χ0) is 13.5. The van der Waals surface area contributed by atoms with Crippen molar-refractivity contribution in [3.8, 4) is 0 Å². The predicted octanol–water partition coefficient (Wildman–Crippen LogP) is 2.43. The Hall–Kier alpha value is -1.36. The van der Waals surface area contributed by atoms with Gasteiger partial charge in [0.05, 0.1) is 0 Å². The topological polar surface area (TPSA) is 66.4 Å². The summed E-state index contributed by atoms with van der Waals surface area (Å²) >= 11 is 3.08. The largest absolute Gasteiger partial charge is 0.480 e. The smallest absolute Gasteiger partial charge is 0.317 e. The quantitative estimate of drug-likeness (QED) is 0.793. The average molecular weight is 314 g/mol. The van der Waals surface area contributed by atoms with Crippen LogP contribution in [0.5, 0.6) is 0 Å². The molecule has 0 heterocycles. The van der Waals surface area contributed by atoms with Gasteiger partial charge in [0, 0.05) is 11.6 Å². The molecule has 1 amide bonds. The van der Waals surface area contributed by atoms with Gasteiger partial charge in [-0.1, -0.05) is 41.1 Å². The van der Waals surface area contributed by atoms with Crippen molar-refractivity contribution in [3.05, 3.63) is 35.9 Å². The molecular weight excluding hydrogens is 298 g/mol. The fourth-order valence-corrected chi connectivity index (χ4v) is 1.99. The second kappa shape index (κ2) is 7.16. The maximum Gasteiger partial charge on any atom is 0.317 e. The zero-order valence-electron chi connectivity index (χ0n) is 10.1. The van der Waals surface area contributed by atoms with E-state index in [1.165, 1.54) is 0 Å². The molecule has 1 aromatic rings. The first-order chi connectivity index (χ1) is 8.54. The van der Waals surface area contributed by atoms with Gasteiger partial charge in [-0.3, -0.25) is 9.59 Å². The molecule has 18 heavy (non-hydrogen) atoms. The van der Waals surface area contributed by atoms with Crippen molar-refractivity contribution in [2.45, 2.75) is 30.6 Å². The van der Waals surface area contributed by atoms with Gasteiger partial charge < -0.3 is 10.4 Å². The Labute approximate surface area is 115 Å². The number of rotatable bonds is 6. The number of benzene rings is 1. The number of carboxylic acid groups (broad SMARTS) is 1. The van der Waals surface area contributed by atoms with E-state index in [9.17, 15) is 9.59 Å². The number of hydrogen-bond acceptors (Lipinski definition) is 2. The van der Waals surface area contributed by atoms with Crippen LogP contribution in [0.3, 0.4) is 0 Å². The lowest BCUT2D eigenvalue weighted by Crippen LogP contribution is -2.37. The third-order valence-electron chi connectivity index (χ3n) is 2.62. The molecule has 0 unspecified atom stereocenters. The molecule has 5 heteroatoms. The van der Waals surface area contributed by atoms with Gasteiger partial charge in [0.1, 0.15) is 4.83 Å². The summed E-state index contributed by atoms with van der Waals surface area (Å²) in [5.41, 5.74) is 0.581. The Morgan fingerprint density at radius 3 is 2.44 bits per heavy atom. The molecule has 0 aliphatic carbocycles. The number of hydrogen-bond donors (Lipinski definition) is 2. The first kappa shape index (κ1) is 14.7. The molecule has 0 saturated carbocycles. The first-order valence-corrected chi connectivity index (χ1v) is 6.69. The molecule has 0 aliphatic rings. The van der Waals surface area contributed by atoms with E-state index in [0.29, 0.717) is 18.4 Å². The van der Waals surface area contributed by atoms with Gasteiger partial charge in [-0.2, -0.15) is 0 Å². The molecule has 0 fully saturated rings. The van der Waals surface area contributed by atoms with Crippen LogP contribution in [0, 0.1) is 0 Å². The highest BCUT2D eigenvalue weighted by Gasteiger charge is 2.20. The Morgan fingerprint density at radius 1 is 1.33 bits per heavy atom. The molecule has 2 N–H and O–H groups in total. The third kappa shape index (κ3) is 4.49. The average Bonchev–Trinajstić information content (AvgIpc) is 2.38. The maximum atomic E-state index is 11.9. The lowest BCUT2D eigenvalue weighted by Gasteiger charge is -2.18. The number of aliphatic carboxylic acids is 1. The van der Waals surface area contributed by atoms with Gasteiger partial charge in [0.25, 0.3) is 5.91 Å².